The van der Waals surface area contributed by atoms with Crippen molar-refractivity contribution in [3.05, 3.63) is 23.8 Å². The third-order valence-corrected chi connectivity index (χ3v) is 3.18. The SMILES string of the molecule is COc1cc(C)ccc1OC(=O)NC1CCNCC1. The Hall–Kier alpha value is -1.75. The van der Waals surface area contributed by atoms with Crippen LogP contribution in [0.15, 0.2) is 18.2 Å². The van der Waals surface area contributed by atoms with Crippen molar-refractivity contribution in [2.75, 3.05) is 20.2 Å². The van der Waals surface area contributed by atoms with Crippen molar-refractivity contribution in [1.29, 1.82) is 0 Å². The summed E-state index contributed by atoms with van der Waals surface area (Å²) in [6, 6.07) is 5.66. The first-order valence-electron chi connectivity index (χ1n) is 6.53. The number of hydrogen-bond donors (Lipinski definition) is 2. The van der Waals surface area contributed by atoms with Crippen LogP contribution < -0.4 is 20.1 Å². The molecule has 1 aliphatic heterocycles. The normalized spacial score (nSPS) is 15.9. The zero-order valence-electron chi connectivity index (χ0n) is 11.4. The van der Waals surface area contributed by atoms with Gasteiger partial charge in [-0.1, -0.05) is 6.07 Å². The summed E-state index contributed by atoms with van der Waals surface area (Å²) in [6.07, 6.45) is 1.44. The smallest absolute Gasteiger partial charge is 0.412 e. The number of aryl methyl sites for hydroxylation is 1. The summed E-state index contributed by atoms with van der Waals surface area (Å²) in [4.78, 5) is 11.8. The molecule has 1 fully saturated rings. The number of methoxy groups -OCH3 is 1. The fourth-order valence-corrected chi connectivity index (χ4v) is 2.12. The molecule has 0 radical (unpaired) electrons. The second kappa shape index (κ2) is 6.43. The maximum absolute atomic E-state index is 11.8. The van der Waals surface area contributed by atoms with E-state index in [9.17, 15) is 4.79 Å². The van der Waals surface area contributed by atoms with Gasteiger partial charge in [0.25, 0.3) is 0 Å². The molecular formula is C14H20N2O3. The molecule has 1 aromatic rings. The lowest BCUT2D eigenvalue weighted by atomic mass is 10.1. The van der Waals surface area contributed by atoms with Crippen LogP contribution in [-0.4, -0.2) is 32.3 Å². The summed E-state index contributed by atoms with van der Waals surface area (Å²) in [5.74, 6) is 1.01. The molecule has 0 saturated carbocycles. The number of benzene rings is 1. The molecule has 104 valence electrons. The first-order chi connectivity index (χ1) is 9.19. The molecule has 0 atom stereocenters. The Labute approximate surface area is 113 Å². The minimum absolute atomic E-state index is 0.185. The Balaban J connectivity index is 1.94. The van der Waals surface area contributed by atoms with Crippen molar-refractivity contribution < 1.29 is 14.3 Å². The molecule has 1 aliphatic rings. The summed E-state index contributed by atoms with van der Waals surface area (Å²) >= 11 is 0. The van der Waals surface area contributed by atoms with E-state index >= 15 is 0 Å². The molecule has 2 N–H and O–H groups in total. The highest BCUT2D eigenvalue weighted by atomic mass is 16.6. The van der Waals surface area contributed by atoms with Crippen molar-refractivity contribution in [2.24, 2.45) is 0 Å². The molecule has 0 spiro atoms. The molecule has 0 unspecified atom stereocenters. The van der Waals surface area contributed by atoms with Crippen LogP contribution in [0, 0.1) is 6.92 Å². The van der Waals surface area contributed by atoms with Crippen LogP contribution in [0.5, 0.6) is 11.5 Å². The van der Waals surface area contributed by atoms with Crippen LogP contribution in [0.3, 0.4) is 0 Å². The van der Waals surface area contributed by atoms with Gasteiger partial charge >= 0.3 is 6.09 Å². The van der Waals surface area contributed by atoms with E-state index in [0.717, 1.165) is 31.5 Å². The van der Waals surface area contributed by atoms with Gasteiger partial charge in [0.1, 0.15) is 0 Å². The Morgan fingerprint density at radius 1 is 1.32 bits per heavy atom. The highest BCUT2D eigenvalue weighted by Crippen LogP contribution is 2.27. The molecule has 19 heavy (non-hydrogen) atoms. The van der Waals surface area contributed by atoms with Crippen molar-refractivity contribution >= 4 is 6.09 Å². The number of carbonyl (C=O) groups excluding carboxylic acids is 1. The molecule has 2 rings (SSSR count). The molecule has 5 nitrogen and oxygen atoms in total. The third kappa shape index (κ3) is 3.86. The Morgan fingerprint density at radius 3 is 2.74 bits per heavy atom. The molecule has 0 bridgehead atoms. The van der Waals surface area contributed by atoms with Gasteiger partial charge in [0, 0.05) is 6.04 Å². The molecule has 1 heterocycles. The highest BCUT2D eigenvalue weighted by Gasteiger charge is 2.17. The topological polar surface area (TPSA) is 59.6 Å². The van der Waals surface area contributed by atoms with Crippen molar-refractivity contribution in [3.63, 3.8) is 0 Å². The minimum atomic E-state index is -0.422. The first-order valence-corrected chi connectivity index (χ1v) is 6.53. The zero-order chi connectivity index (χ0) is 13.7. The van der Waals surface area contributed by atoms with Crippen LogP contribution in [0.4, 0.5) is 4.79 Å². The highest BCUT2D eigenvalue weighted by molar-refractivity contribution is 5.71. The third-order valence-electron chi connectivity index (χ3n) is 3.18. The van der Waals surface area contributed by atoms with E-state index in [1.54, 1.807) is 13.2 Å². The van der Waals surface area contributed by atoms with Gasteiger partial charge in [-0.2, -0.15) is 0 Å². The second-order valence-corrected chi connectivity index (χ2v) is 4.71. The average molecular weight is 264 g/mol. The number of ether oxygens (including phenoxy) is 2. The standard InChI is InChI=1S/C14H20N2O3/c1-10-3-4-12(13(9-10)18-2)19-14(17)16-11-5-7-15-8-6-11/h3-4,9,11,15H,5-8H2,1-2H3,(H,16,17). The fourth-order valence-electron chi connectivity index (χ4n) is 2.12. The van der Waals surface area contributed by atoms with Crippen LogP contribution in [0.2, 0.25) is 0 Å². The Bertz CT molecular complexity index is 442. The van der Waals surface area contributed by atoms with Crippen molar-refractivity contribution in [2.45, 2.75) is 25.8 Å². The number of amides is 1. The quantitative estimate of drug-likeness (QED) is 0.874. The summed E-state index contributed by atoms with van der Waals surface area (Å²) < 4.78 is 10.5. The molecule has 1 amide bonds. The van der Waals surface area contributed by atoms with E-state index in [0.29, 0.717) is 11.5 Å². The van der Waals surface area contributed by atoms with Crippen LogP contribution >= 0.6 is 0 Å². The lowest BCUT2D eigenvalue weighted by Crippen LogP contribution is -2.43. The van der Waals surface area contributed by atoms with Gasteiger partial charge in [0.2, 0.25) is 0 Å². The largest absolute Gasteiger partial charge is 0.493 e. The number of hydrogen-bond acceptors (Lipinski definition) is 4. The van der Waals surface area contributed by atoms with Gasteiger partial charge in [0.05, 0.1) is 7.11 Å². The van der Waals surface area contributed by atoms with Gasteiger partial charge in [-0.05, 0) is 50.6 Å². The summed E-state index contributed by atoms with van der Waals surface area (Å²) in [5.41, 5.74) is 1.06. The van der Waals surface area contributed by atoms with Crippen molar-refractivity contribution in [1.82, 2.24) is 10.6 Å². The van der Waals surface area contributed by atoms with E-state index in [-0.39, 0.29) is 6.04 Å². The summed E-state index contributed by atoms with van der Waals surface area (Å²) in [7, 11) is 1.56. The fraction of sp³-hybridized carbons (Fsp3) is 0.500. The predicted molar refractivity (Wildman–Crippen MR) is 72.8 cm³/mol. The van der Waals surface area contributed by atoms with E-state index in [2.05, 4.69) is 10.6 Å². The van der Waals surface area contributed by atoms with Gasteiger partial charge in [0.15, 0.2) is 11.5 Å². The van der Waals surface area contributed by atoms with Gasteiger partial charge in [-0.15, -0.1) is 0 Å². The Kier molecular flexibility index (Phi) is 4.63. The summed E-state index contributed by atoms with van der Waals surface area (Å²) in [5, 5.41) is 6.13. The first kappa shape index (κ1) is 13.7. The molecule has 5 heteroatoms. The number of carbonyl (C=O) groups is 1. The average Bonchev–Trinajstić information content (AvgIpc) is 2.42. The van der Waals surface area contributed by atoms with Gasteiger partial charge in [-0.25, -0.2) is 4.79 Å². The number of rotatable bonds is 3. The van der Waals surface area contributed by atoms with Gasteiger partial charge < -0.3 is 20.1 Å². The van der Waals surface area contributed by atoms with Crippen LogP contribution in [-0.2, 0) is 0 Å². The summed E-state index contributed by atoms with van der Waals surface area (Å²) in [6.45, 7) is 3.82. The van der Waals surface area contributed by atoms with Gasteiger partial charge in [-0.3, -0.25) is 0 Å². The lowest BCUT2D eigenvalue weighted by molar-refractivity contribution is 0.191. The van der Waals surface area contributed by atoms with E-state index < -0.39 is 6.09 Å². The monoisotopic (exact) mass is 264 g/mol. The second-order valence-electron chi connectivity index (χ2n) is 4.71. The number of piperidine rings is 1. The maximum Gasteiger partial charge on any atom is 0.412 e. The zero-order valence-corrected chi connectivity index (χ0v) is 11.4. The van der Waals surface area contributed by atoms with E-state index in [1.165, 1.54) is 0 Å². The maximum atomic E-state index is 11.8. The molecule has 1 aromatic carbocycles. The van der Waals surface area contributed by atoms with E-state index in [1.807, 2.05) is 19.1 Å². The predicted octanol–water partition coefficient (Wildman–Crippen LogP) is 1.84. The minimum Gasteiger partial charge on any atom is -0.493 e. The van der Waals surface area contributed by atoms with Crippen LogP contribution in [0.25, 0.3) is 0 Å². The Morgan fingerprint density at radius 2 is 2.05 bits per heavy atom. The lowest BCUT2D eigenvalue weighted by Gasteiger charge is -2.23. The molecule has 0 aliphatic carbocycles. The van der Waals surface area contributed by atoms with E-state index in [4.69, 9.17) is 9.47 Å². The number of nitrogens with one attached hydrogen (secondary N) is 2. The molecule has 1 saturated heterocycles. The molecular weight excluding hydrogens is 244 g/mol. The molecule has 0 aromatic heterocycles. The van der Waals surface area contributed by atoms with Crippen LogP contribution in [0.1, 0.15) is 18.4 Å². The van der Waals surface area contributed by atoms with Crippen molar-refractivity contribution in [3.8, 4) is 11.5 Å².